The van der Waals surface area contributed by atoms with E-state index in [-0.39, 0.29) is 33.5 Å². The Labute approximate surface area is 221 Å². The topological polar surface area (TPSA) is 110 Å². The summed E-state index contributed by atoms with van der Waals surface area (Å²) in [5.41, 5.74) is -0.590. The molecule has 3 aliphatic rings. The molecule has 8 heteroatoms. The largest absolute Gasteiger partial charge is 0.460 e. The number of aliphatic hydroxyl groups excluding tert-OH is 2. The van der Waals surface area contributed by atoms with Crippen LogP contribution in [0.15, 0.2) is 41.8 Å². The molecule has 2 bridgehead atoms. The van der Waals surface area contributed by atoms with Gasteiger partial charge in [0.15, 0.2) is 6.61 Å². The van der Waals surface area contributed by atoms with Gasteiger partial charge < -0.3 is 14.9 Å². The highest BCUT2D eigenvalue weighted by Gasteiger charge is 2.66. The number of benzene rings is 1. The van der Waals surface area contributed by atoms with E-state index in [1.54, 1.807) is 18.2 Å². The lowest BCUT2D eigenvalue weighted by molar-refractivity contribution is -0.206. The van der Waals surface area contributed by atoms with Crippen molar-refractivity contribution < 1.29 is 32.3 Å². The standard InChI is InChI=1S/C29H42O7S/c1-7-27(5)23(36-24(31)17-35-37(33,34)21-10-8-18(2)9-11-21)16-28(6)19(3)12-14-29(20(4)26(27)32)15-13-22(30)25(28)29/h7-11,19-20,22-23,25-26,30,32H,1,12-17H2,2-6H3/t19-,20+,22?,23+,25+,26+,27+,28-,29+/m1/s1. The number of carbonyl (C=O) groups is 1. The Morgan fingerprint density at radius 3 is 2.38 bits per heavy atom. The molecule has 1 aromatic rings. The summed E-state index contributed by atoms with van der Waals surface area (Å²) in [6, 6.07) is 6.18. The third-order valence-corrected chi connectivity index (χ3v) is 11.8. The lowest BCUT2D eigenvalue weighted by atomic mass is 9.44. The molecule has 1 unspecified atom stereocenters. The molecular weight excluding hydrogens is 492 g/mol. The van der Waals surface area contributed by atoms with Gasteiger partial charge in [0.2, 0.25) is 0 Å². The molecule has 0 aliphatic heterocycles. The Bertz CT molecular complexity index is 1130. The predicted octanol–water partition coefficient (Wildman–Crippen LogP) is 4.40. The van der Waals surface area contributed by atoms with Crippen molar-refractivity contribution in [1.29, 1.82) is 0 Å². The first kappa shape index (κ1) is 28.3. The van der Waals surface area contributed by atoms with Crippen LogP contribution in [0, 0.1) is 40.9 Å². The SMILES string of the molecule is C=C[C@@]1(C)[C@@H](OC(=O)COS(=O)(=O)c2ccc(C)cc2)C[C@]2(C)[C@H](C)CC[C@]3(CCC(O)[C@@H]23)[C@@H](C)[C@@H]1O. The van der Waals surface area contributed by atoms with Gasteiger partial charge in [0, 0.05) is 5.41 Å². The van der Waals surface area contributed by atoms with Crippen LogP contribution >= 0.6 is 0 Å². The minimum Gasteiger partial charge on any atom is -0.460 e. The minimum atomic E-state index is -4.14. The number of carbonyl (C=O) groups excluding carboxylic acids is 1. The normalized spacial score (nSPS) is 41.8. The Balaban J connectivity index is 1.62. The van der Waals surface area contributed by atoms with Crippen molar-refractivity contribution >= 4 is 16.1 Å². The number of hydrogen-bond donors (Lipinski definition) is 2. The summed E-state index contributed by atoms with van der Waals surface area (Å²) in [6.45, 7) is 13.4. The van der Waals surface area contributed by atoms with Crippen molar-refractivity contribution in [3.8, 4) is 0 Å². The fraction of sp³-hybridized carbons (Fsp3) is 0.690. The Hall–Kier alpha value is -1.74. The smallest absolute Gasteiger partial charge is 0.333 e. The third-order valence-electron chi connectivity index (χ3n) is 10.5. The maximum atomic E-state index is 13.0. The van der Waals surface area contributed by atoms with Crippen LogP contribution in [-0.2, 0) is 23.8 Å². The number of ether oxygens (including phenoxy) is 1. The average molecular weight is 535 g/mol. The second-order valence-electron chi connectivity index (χ2n) is 12.3. The van der Waals surface area contributed by atoms with Crippen molar-refractivity contribution in [3.63, 3.8) is 0 Å². The number of rotatable bonds is 6. The van der Waals surface area contributed by atoms with E-state index in [1.165, 1.54) is 12.1 Å². The van der Waals surface area contributed by atoms with Gasteiger partial charge in [0.25, 0.3) is 10.1 Å². The molecule has 1 aromatic carbocycles. The van der Waals surface area contributed by atoms with Crippen LogP contribution in [0.1, 0.15) is 65.4 Å². The molecule has 0 saturated heterocycles. The first-order chi connectivity index (χ1) is 17.2. The summed E-state index contributed by atoms with van der Waals surface area (Å²) in [6.07, 6.45) is 3.48. The Morgan fingerprint density at radius 1 is 1.14 bits per heavy atom. The zero-order valence-corrected chi connectivity index (χ0v) is 23.5. The van der Waals surface area contributed by atoms with Crippen LogP contribution in [0.2, 0.25) is 0 Å². The maximum Gasteiger partial charge on any atom is 0.333 e. The number of aryl methyl sites for hydroxylation is 1. The molecular formula is C29H42O7S. The van der Waals surface area contributed by atoms with Gasteiger partial charge in [-0.1, -0.05) is 51.5 Å². The van der Waals surface area contributed by atoms with E-state index in [1.807, 2.05) is 13.8 Å². The molecule has 0 radical (unpaired) electrons. The van der Waals surface area contributed by atoms with Gasteiger partial charge in [-0.2, -0.15) is 8.42 Å². The van der Waals surface area contributed by atoms with Crippen molar-refractivity contribution in [2.24, 2.45) is 34.0 Å². The second kappa shape index (κ2) is 9.78. The van der Waals surface area contributed by atoms with Crippen LogP contribution in [0.4, 0.5) is 0 Å². The van der Waals surface area contributed by atoms with E-state index in [9.17, 15) is 23.4 Å². The molecule has 2 N–H and O–H groups in total. The van der Waals surface area contributed by atoms with E-state index in [2.05, 4.69) is 27.4 Å². The Morgan fingerprint density at radius 2 is 1.76 bits per heavy atom. The molecule has 9 atom stereocenters. The van der Waals surface area contributed by atoms with E-state index in [0.29, 0.717) is 12.8 Å². The lowest BCUT2D eigenvalue weighted by Crippen LogP contribution is -2.62. The summed E-state index contributed by atoms with van der Waals surface area (Å²) in [5, 5.41) is 22.9. The first-order valence-electron chi connectivity index (χ1n) is 13.4. The van der Waals surface area contributed by atoms with E-state index in [0.717, 1.165) is 24.8 Å². The van der Waals surface area contributed by atoms with Crippen LogP contribution in [0.3, 0.4) is 0 Å². The molecule has 0 heterocycles. The Kier molecular flexibility index (Phi) is 7.47. The lowest BCUT2D eigenvalue weighted by Gasteiger charge is -2.62. The molecule has 0 aromatic heterocycles. The highest BCUT2D eigenvalue weighted by molar-refractivity contribution is 7.86. The van der Waals surface area contributed by atoms with Gasteiger partial charge in [-0.3, -0.25) is 4.18 Å². The molecule has 0 amide bonds. The zero-order chi connectivity index (χ0) is 27.4. The summed E-state index contributed by atoms with van der Waals surface area (Å²) in [7, 11) is -4.14. The molecule has 3 aliphatic carbocycles. The maximum absolute atomic E-state index is 13.0. The number of hydrogen-bond acceptors (Lipinski definition) is 7. The summed E-state index contributed by atoms with van der Waals surface area (Å²) in [4.78, 5) is 13.0. The van der Waals surface area contributed by atoms with Gasteiger partial charge >= 0.3 is 5.97 Å². The van der Waals surface area contributed by atoms with Crippen molar-refractivity contribution in [2.45, 2.75) is 89.9 Å². The van der Waals surface area contributed by atoms with Gasteiger partial charge in [-0.05, 0) is 79.7 Å². The minimum absolute atomic E-state index is 0.0258. The molecule has 3 fully saturated rings. The van der Waals surface area contributed by atoms with Gasteiger partial charge in [0.05, 0.1) is 17.1 Å². The molecule has 206 valence electrons. The van der Waals surface area contributed by atoms with Crippen LogP contribution < -0.4 is 0 Å². The highest BCUT2D eigenvalue weighted by Crippen LogP contribution is 2.68. The highest BCUT2D eigenvalue weighted by atomic mass is 32.2. The number of esters is 1. The zero-order valence-electron chi connectivity index (χ0n) is 22.6. The third kappa shape index (κ3) is 4.58. The average Bonchev–Trinajstić information content (AvgIpc) is 3.21. The predicted molar refractivity (Wildman–Crippen MR) is 140 cm³/mol. The van der Waals surface area contributed by atoms with Crippen molar-refractivity contribution in [3.05, 3.63) is 42.5 Å². The summed E-state index contributed by atoms with van der Waals surface area (Å²) < 4.78 is 36.2. The molecule has 37 heavy (non-hydrogen) atoms. The van der Waals surface area contributed by atoms with E-state index < -0.39 is 46.4 Å². The summed E-state index contributed by atoms with van der Waals surface area (Å²) in [5.74, 6) is -0.722. The van der Waals surface area contributed by atoms with E-state index in [4.69, 9.17) is 8.92 Å². The van der Waals surface area contributed by atoms with Gasteiger partial charge in [0.1, 0.15) is 6.10 Å². The van der Waals surface area contributed by atoms with Crippen molar-refractivity contribution in [1.82, 2.24) is 0 Å². The van der Waals surface area contributed by atoms with Crippen LogP contribution in [-0.4, -0.2) is 49.5 Å². The first-order valence-corrected chi connectivity index (χ1v) is 14.8. The molecule has 0 spiro atoms. The fourth-order valence-electron chi connectivity index (χ4n) is 7.86. The van der Waals surface area contributed by atoms with E-state index >= 15 is 0 Å². The second-order valence-corrected chi connectivity index (χ2v) is 13.9. The van der Waals surface area contributed by atoms with Crippen LogP contribution in [0.5, 0.6) is 0 Å². The molecule has 7 nitrogen and oxygen atoms in total. The fourth-order valence-corrected chi connectivity index (χ4v) is 8.72. The summed E-state index contributed by atoms with van der Waals surface area (Å²) >= 11 is 0. The molecule has 4 rings (SSSR count). The van der Waals surface area contributed by atoms with Crippen LogP contribution in [0.25, 0.3) is 0 Å². The monoisotopic (exact) mass is 534 g/mol. The van der Waals surface area contributed by atoms with Gasteiger partial charge in [-0.15, -0.1) is 6.58 Å². The van der Waals surface area contributed by atoms with Gasteiger partial charge in [-0.25, -0.2) is 4.79 Å². The number of aliphatic hydroxyl groups is 2. The van der Waals surface area contributed by atoms with Crippen molar-refractivity contribution in [2.75, 3.05) is 6.61 Å². The molecule has 3 saturated carbocycles. The quantitative estimate of drug-likeness (QED) is 0.316.